The van der Waals surface area contributed by atoms with Crippen molar-refractivity contribution in [2.24, 2.45) is 5.10 Å². The number of amides is 1. The molecule has 0 bridgehead atoms. The van der Waals surface area contributed by atoms with Gasteiger partial charge in [-0.05, 0) is 31.2 Å². The van der Waals surface area contributed by atoms with Crippen LogP contribution in [0.4, 0.5) is 0 Å². The quantitative estimate of drug-likeness (QED) is 0.650. The molecule has 5 nitrogen and oxygen atoms in total. The molecule has 0 aliphatic rings. The van der Waals surface area contributed by atoms with Gasteiger partial charge in [0.05, 0.1) is 16.3 Å². The minimum atomic E-state index is -0.452. The van der Waals surface area contributed by atoms with Crippen molar-refractivity contribution >= 4 is 34.8 Å². The maximum absolute atomic E-state index is 11.8. The number of nitrogens with one attached hydrogen (secondary N) is 1. The number of benzene rings is 2. The molecule has 0 saturated carbocycles. The summed E-state index contributed by atoms with van der Waals surface area (Å²) in [5.41, 5.74) is 3.93. The molecule has 0 radical (unpaired) electrons. The number of para-hydroxylation sites is 1. The molecule has 0 aliphatic heterocycles. The summed E-state index contributed by atoms with van der Waals surface area (Å²) >= 11 is 11.9. The largest absolute Gasteiger partial charge is 0.482 e. The van der Waals surface area contributed by atoms with Crippen LogP contribution in [0.25, 0.3) is 0 Å². The molecule has 0 spiro atoms. The fourth-order valence-corrected chi connectivity index (χ4v) is 2.40. The number of nitrogens with zero attached hydrogens (tertiary/aromatic N) is 2. The average Bonchev–Trinajstić information content (AvgIpc) is 2.58. The van der Waals surface area contributed by atoms with Gasteiger partial charge in [-0.2, -0.15) is 10.4 Å². The predicted molar refractivity (Wildman–Crippen MR) is 93.5 cm³/mol. The number of halogens is 2. The molecule has 122 valence electrons. The van der Waals surface area contributed by atoms with Gasteiger partial charge in [0.25, 0.3) is 5.91 Å². The Morgan fingerprint density at radius 1 is 1.29 bits per heavy atom. The van der Waals surface area contributed by atoms with Crippen molar-refractivity contribution in [2.75, 3.05) is 6.61 Å². The second kappa shape index (κ2) is 8.34. The fourth-order valence-electron chi connectivity index (χ4n) is 1.85. The van der Waals surface area contributed by atoms with E-state index in [2.05, 4.69) is 10.5 Å². The Hall–Kier alpha value is -2.55. The molecule has 24 heavy (non-hydrogen) atoms. The third kappa shape index (κ3) is 4.72. The molecule has 0 fully saturated rings. The van der Waals surface area contributed by atoms with Crippen molar-refractivity contribution in [3.8, 4) is 11.8 Å². The highest BCUT2D eigenvalue weighted by Crippen LogP contribution is 2.21. The summed E-state index contributed by atoms with van der Waals surface area (Å²) in [6, 6.07) is 13.7. The molecule has 7 heteroatoms. The summed E-state index contributed by atoms with van der Waals surface area (Å²) in [6.07, 6.45) is 0. The van der Waals surface area contributed by atoms with E-state index in [4.69, 9.17) is 33.2 Å². The van der Waals surface area contributed by atoms with E-state index >= 15 is 0 Å². The molecular formula is C17H13Cl2N3O2. The van der Waals surface area contributed by atoms with Gasteiger partial charge in [0, 0.05) is 10.6 Å². The maximum atomic E-state index is 11.8. The molecule has 0 aromatic heterocycles. The van der Waals surface area contributed by atoms with Gasteiger partial charge in [-0.15, -0.1) is 0 Å². The third-order valence-electron chi connectivity index (χ3n) is 3.04. The molecule has 0 heterocycles. The Morgan fingerprint density at radius 2 is 2.04 bits per heavy atom. The minimum absolute atomic E-state index is 0.260. The lowest BCUT2D eigenvalue weighted by Crippen LogP contribution is -2.25. The highest BCUT2D eigenvalue weighted by atomic mass is 35.5. The molecule has 1 amide bonds. The maximum Gasteiger partial charge on any atom is 0.277 e. The van der Waals surface area contributed by atoms with E-state index in [1.165, 1.54) is 0 Å². The van der Waals surface area contributed by atoms with E-state index in [9.17, 15) is 4.79 Å². The SMILES string of the molecule is C/C(=N\NC(=O)COc1ccccc1C#N)c1ccc(Cl)cc1Cl. The number of carbonyl (C=O) groups excluding carboxylic acids is 1. The molecular weight excluding hydrogens is 349 g/mol. The van der Waals surface area contributed by atoms with E-state index in [0.717, 1.165) is 0 Å². The summed E-state index contributed by atoms with van der Waals surface area (Å²) in [5.74, 6) is -0.108. The van der Waals surface area contributed by atoms with Gasteiger partial charge in [-0.25, -0.2) is 5.43 Å². The molecule has 0 aliphatic carbocycles. The minimum Gasteiger partial charge on any atom is -0.482 e. The first-order valence-corrected chi connectivity index (χ1v) is 7.67. The Kier molecular flexibility index (Phi) is 6.19. The fraction of sp³-hybridized carbons (Fsp3) is 0.118. The number of carbonyl (C=O) groups is 1. The van der Waals surface area contributed by atoms with Crippen LogP contribution < -0.4 is 10.2 Å². The summed E-state index contributed by atoms with van der Waals surface area (Å²) < 4.78 is 5.32. The van der Waals surface area contributed by atoms with Gasteiger partial charge < -0.3 is 4.74 Å². The average molecular weight is 362 g/mol. The highest BCUT2D eigenvalue weighted by Gasteiger charge is 2.08. The van der Waals surface area contributed by atoms with Crippen LogP contribution in [-0.2, 0) is 4.79 Å². The molecule has 0 unspecified atom stereocenters. The zero-order chi connectivity index (χ0) is 17.5. The van der Waals surface area contributed by atoms with Crippen LogP contribution in [0.3, 0.4) is 0 Å². The van der Waals surface area contributed by atoms with E-state index in [0.29, 0.717) is 32.6 Å². The zero-order valence-electron chi connectivity index (χ0n) is 12.7. The molecule has 2 aromatic carbocycles. The Bertz CT molecular complexity index is 829. The van der Waals surface area contributed by atoms with Gasteiger partial charge in [-0.1, -0.05) is 41.4 Å². The van der Waals surface area contributed by atoms with Gasteiger partial charge in [0.15, 0.2) is 6.61 Å². The standard InChI is InChI=1S/C17H13Cl2N3O2/c1-11(14-7-6-13(18)8-15(14)19)21-22-17(23)10-24-16-5-3-2-4-12(16)9-20/h2-8H,10H2,1H3,(H,22,23)/b21-11+. The van der Waals surface area contributed by atoms with Crippen LogP contribution in [0.2, 0.25) is 10.0 Å². The highest BCUT2D eigenvalue weighted by molar-refractivity contribution is 6.37. The lowest BCUT2D eigenvalue weighted by Gasteiger charge is -2.07. The first-order chi connectivity index (χ1) is 11.5. The molecule has 2 aromatic rings. The van der Waals surface area contributed by atoms with Gasteiger partial charge >= 0.3 is 0 Å². The van der Waals surface area contributed by atoms with E-state index in [1.807, 2.05) is 6.07 Å². The molecule has 0 atom stereocenters. The lowest BCUT2D eigenvalue weighted by molar-refractivity contribution is -0.123. The van der Waals surface area contributed by atoms with Crippen molar-refractivity contribution in [3.63, 3.8) is 0 Å². The second-order valence-corrected chi connectivity index (χ2v) is 5.60. The molecule has 1 N–H and O–H groups in total. The summed E-state index contributed by atoms with van der Waals surface area (Å²) in [4.78, 5) is 11.8. The number of nitriles is 1. The van der Waals surface area contributed by atoms with E-state index in [-0.39, 0.29) is 6.61 Å². The van der Waals surface area contributed by atoms with Gasteiger partial charge in [0.2, 0.25) is 0 Å². The summed E-state index contributed by atoms with van der Waals surface area (Å²) in [7, 11) is 0. The van der Waals surface area contributed by atoms with Crippen LogP contribution in [-0.4, -0.2) is 18.2 Å². The van der Waals surface area contributed by atoms with E-state index in [1.54, 1.807) is 49.4 Å². The first kappa shape index (κ1) is 17.8. The van der Waals surface area contributed by atoms with Crippen LogP contribution in [0.15, 0.2) is 47.6 Å². The van der Waals surface area contributed by atoms with E-state index < -0.39 is 5.91 Å². The number of hydrogen-bond donors (Lipinski definition) is 1. The summed E-state index contributed by atoms with van der Waals surface area (Å²) in [5, 5.41) is 13.9. The smallest absolute Gasteiger partial charge is 0.277 e. The van der Waals surface area contributed by atoms with Crippen LogP contribution >= 0.6 is 23.2 Å². The Morgan fingerprint density at radius 3 is 2.75 bits per heavy atom. The second-order valence-electron chi connectivity index (χ2n) is 4.75. The number of hydrogen-bond acceptors (Lipinski definition) is 4. The monoisotopic (exact) mass is 361 g/mol. The Labute approximate surface area is 149 Å². The van der Waals surface area contributed by atoms with Crippen LogP contribution in [0, 0.1) is 11.3 Å². The number of rotatable bonds is 5. The number of hydrazone groups is 1. The van der Waals surface area contributed by atoms with Crippen molar-refractivity contribution in [2.45, 2.75) is 6.92 Å². The summed E-state index contributed by atoms with van der Waals surface area (Å²) in [6.45, 7) is 1.45. The van der Waals surface area contributed by atoms with Crippen molar-refractivity contribution < 1.29 is 9.53 Å². The van der Waals surface area contributed by atoms with Gasteiger partial charge in [0.1, 0.15) is 11.8 Å². The van der Waals surface area contributed by atoms with Crippen molar-refractivity contribution in [1.82, 2.24) is 5.43 Å². The Balaban J connectivity index is 1.96. The molecule has 0 saturated heterocycles. The van der Waals surface area contributed by atoms with Crippen molar-refractivity contribution in [1.29, 1.82) is 5.26 Å². The zero-order valence-corrected chi connectivity index (χ0v) is 14.2. The molecule has 2 rings (SSSR count). The normalized spacial score (nSPS) is 10.8. The number of ether oxygens (including phenoxy) is 1. The lowest BCUT2D eigenvalue weighted by atomic mass is 10.1. The van der Waals surface area contributed by atoms with Crippen molar-refractivity contribution in [3.05, 3.63) is 63.6 Å². The van der Waals surface area contributed by atoms with Crippen LogP contribution in [0.5, 0.6) is 5.75 Å². The van der Waals surface area contributed by atoms with Gasteiger partial charge in [-0.3, -0.25) is 4.79 Å². The van der Waals surface area contributed by atoms with Crippen LogP contribution in [0.1, 0.15) is 18.1 Å². The topological polar surface area (TPSA) is 74.5 Å². The first-order valence-electron chi connectivity index (χ1n) is 6.91. The predicted octanol–water partition coefficient (Wildman–Crippen LogP) is 3.78. The third-order valence-corrected chi connectivity index (χ3v) is 3.58.